The second-order valence-electron chi connectivity index (χ2n) is 3.17. The first-order valence-electron chi connectivity index (χ1n) is 4.67. The number of hydrogen-bond acceptors (Lipinski definition) is 3. The fraction of sp³-hybridized carbons (Fsp3) is 0.273. The van der Waals surface area contributed by atoms with Gasteiger partial charge in [0.05, 0.1) is 5.69 Å². The maximum absolute atomic E-state index is 4.52. The highest BCUT2D eigenvalue weighted by atomic mass is 32.1. The minimum Gasteiger partial charge on any atom is -0.253 e. The molecule has 0 bridgehead atoms. The number of aromatic nitrogens is 2. The molecule has 0 aliphatic carbocycles. The standard InChI is InChI=1S/C11H12N2S/c1-3-9-7-14-11(13-9)10-8(2)5-4-6-12-10/h4-7H,3H2,1-2H3. The topological polar surface area (TPSA) is 25.8 Å². The van der Waals surface area contributed by atoms with Gasteiger partial charge in [-0.05, 0) is 25.0 Å². The van der Waals surface area contributed by atoms with Gasteiger partial charge in [0.1, 0.15) is 10.7 Å². The van der Waals surface area contributed by atoms with E-state index < -0.39 is 0 Å². The third-order valence-electron chi connectivity index (χ3n) is 2.13. The summed E-state index contributed by atoms with van der Waals surface area (Å²) in [6, 6.07) is 4.02. The van der Waals surface area contributed by atoms with Crippen molar-refractivity contribution in [1.82, 2.24) is 9.97 Å². The Hall–Kier alpha value is -1.22. The predicted molar refractivity (Wildman–Crippen MR) is 59.5 cm³/mol. The Labute approximate surface area is 87.7 Å². The molecule has 2 heterocycles. The van der Waals surface area contributed by atoms with E-state index in [-0.39, 0.29) is 0 Å². The smallest absolute Gasteiger partial charge is 0.142 e. The van der Waals surface area contributed by atoms with Crippen LogP contribution >= 0.6 is 11.3 Å². The first-order valence-corrected chi connectivity index (χ1v) is 5.55. The van der Waals surface area contributed by atoms with Crippen molar-refractivity contribution >= 4 is 11.3 Å². The molecule has 0 radical (unpaired) electrons. The van der Waals surface area contributed by atoms with Gasteiger partial charge in [-0.15, -0.1) is 11.3 Å². The van der Waals surface area contributed by atoms with Gasteiger partial charge < -0.3 is 0 Å². The Balaban J connectivity index is 2.44. The van der Waals surface area contributed by atoms with Crippen molar-refractivity contribution in [2.24, 2.45) is 0 Å². The monoisotopic (exact) mass is 204 g/mol. The van der Waals surface area contributed by atoms with Gasteiger partial charge >= 0.3 is 0 Å². The molecule has 0 spiro atoms. The van der Waals surface area contributed by atoms with Crippen LogP contribution in [0, 0.1) is 6.92 Å². The molecule has 0 aromatic carbocycles. The van der Waals surface area contributed by atoms with E-state index in [0.29, 0.717) is 0 Å². The Morgan fingerprint density at radius 1 is 1.43 bits per heavy atom. The molecule has 2 aromatic rings. The molecule has 14 heavy (non-hydrogen) atoms. The third-order valence-corrected chi connectivity index (χ3v) is 3.02. The quantitative estimate of drug-likeness (QED) is 0.751. The Bertz CT molecular complexity index is 434. The van der Waals surface area contributed by atoms with Crippen molar-refractivity contribution in [3.63, 3.8) is 0 Å². The number of pyridine rings is 1. The van der Waals surface area contributed by atoms with Crippen molar-refractivity contribution in [1.29, 1.82) is 0 Å². The molecule has 0 atom stereocenters. The lowest BCUT2D eigenvalue weighted by molar-refractivity contribution is 1.06. The maximum atomic E-state index is 4.52. The van der Waals surface area contributed by atoms with Gasteiger partial charge in [0.2, 0.25) is 0 Å². The van der Waals surface area contributed by atoms with Crippen molar-refractivity contribution in [3.8, 4) is 10.7 Å². The van der Waals surface area contributed by atoms with Crippen molar-refractivity contribution < 1.29 is 0 Å². The fourth-order valence-corrected chi connectivity index (χ4v) is 2.25. The first kappa shape index (κ1) is 9.34. The lowest BCUT2D eigenvalue weighted by Crippen LogP contribution is -1.87. The number of hydrogen-bond donors (Lipinski definition) is 0. The molecule has 0 aliphatic heterocycles. The average Bonchev–Trinajstić information content (AvgIpc) is 2.67. The number of thiazole rings is 1. The number of aryl methyl sites for hydroxylation is 2. The zero-order chi connectivity index (χ0) is 9.97. The van der Waals surface area contributed by atoms with Crippen LogP contribution in [0.1, 0.15) is 18.2 Å². The summed E-state index contributed by atoms with van der Waals surface area (Å²) < 4.78 is 0. The highest BCUT2D eigenvalue weighted by molar-refractivity contribution is 7.13. The van der Waals surface area contributed by atoms with Crippen LogP contribution in [-0.2, 0) is 6.42 Å². The van der Waals surface area contributed by atoms with E-state index in [4.69, 9.17) is 0 Å². The van der Waals surface area contributed by atoms with Crippen LogP contribution in [0.3, 0.4) is 0 Å². The molecule has 0 saturated carbocycles. The summed E-state index contributed by atoms with van der Waals surface area (Å²) in [6.07, 6.45) is 2.80. The average molecular weight is 204 g/mol. The number of nitrogens with zero attached hydrogens (tertiary/aromatic N) is 2. The summed E-state index contributed by atoms with van der Waals surface area (Å²) >= 11 is 1.67. The second-order valence-corrected chi connectivity index (χ2v) is 4.02. The summed E-state index contributed by atoms with van der Waals surface area (Å²) in [5.41, 5.74) is 3.34. The molecule has 0 fully saturated rings. The van der Waals surface area contributed by atoms with Gasteiger partial charge in [-0.3, -0.25) is 4.98 Å². The van der Waals surface area contributed by atoms with Gasteiger partial charge in [0.25, 0.3) is 0 Å². The minimum absolute atomic E-state index is 0.988. The minimum atomic E-state index is 0.988. The van der Waals surface area contributed by atoms with Gasteiger partial charge in [-0.25, -0.2) is 4.98 Å². The van der Waals surface area contributed by atoms with E-state index in [1.807, 2.05) is 12.3 Å². The maximum Gasteiger partial charge on any atom is 0.142 e. The molecule has 0 amide bonds. The van der Waals surface area contributed by atoms with E-state index in [0.717, 1.165) is 22.8 Å². The summed E-state index contributed by atoms with van der Waals surface area (Å²) in [5.74, 6) is 0. The van der Waals surface area contributed by atoms with Crippen molar-refractivity contribution in [2.75, 3.05) is 0 Å². The molecule has 2 aromatic heterocycles. The summed E-state index contributed by atoms with van der Waals surface area (Å²) in [6.45, 7) is 4.18. The predicted octanol–water partition coefficient (Wildman–Crippen LogP) is 3.08. The molecular weight excluding hydrogens is 192 g/mol. The first-order chi connectivity index (χ1) is 6.81. The van der Waals surface area contributed by atoms with E-state index >= 15 is 0 Å². The van der Waals surface area contributed by atoms with Gasteiger partial charge in [0.15, 0.2) is 0 Å². The second kappa shape index (κ2) is 3.88. The SMILES string of the molecule is CCc1csc(-c2ncccc2C)n1. The zero-order valence-corrected chi connectivity index (χ0v) is 9.14. The highest BCUT2D eigenvalue weighted by Gasteiger charge is 2.06. The van der Waals surface area contributed by atoms with E-state index in [2.05, 4.69) is 35.3 Å². The number of rotatable bonds is 2. The molecular formula is C11H12N2S. The largest absolute Gasteiger partial charge is 0.253 e. The molecule has 0 unspecified atom stereocenters. The Morgan fingerprint density at radius 3 is 2.93 bits per heavy atom. The van der Waals surface area contributed by atoms with E-state index in [1.165, 1.54) is 5.56 Å². The van der Waals surface area contributed by atoms with Crippen LogP contribution in [0.25, 0.3) is 10.7 Å². The van der Waals surface area contributed by atoms with E-state index in [9.17, 15) is 0 Å². The van der Waals surface area contributed by atoms with Crippen molar-refractivity contribution in [2.45, 2.75) is 20.3 Å². The lowest BCUT2D eigenvalue weighted by atomic mass is 10.2. The lowest BCUT2D eigenvalue weighted by Gasteiger charge is -1.98. The molecule has 2 nitrogen and oxygen atoms in total. The highest BCUT2D eigenvalue weighted by Crippen LogP contribution is 2.24. The Morgan fingerprint density at radius 2 is 2.29 bits per heavy atom. The van der Waals surface area contributed by atoms with Gasteiger partial charge in [-0.2, -0.15) is 0 Å². The third kappa shape index (κ3) is 1.68. The summed E-state index contributed by atoms with van der Waals surface area (Å²) in [5, 5.41) is 3.13. The molecule has 0 aliphatic rings. The fourth-order valence-electron chi connectivity index (χ4n) is 1.29. The van der Waals surface area contributed by atoms with Crippen LogP contribution < -0.4 is 0 Å². The summed E-state index contributed by atoms with van der Waals surface area (Å²) in [4.78, 5) is 8.86. The molecule has 72 valence electrons. The van der Waals surface area contributed by atoms with Crippen LogP contribution in [0.2, 0.25) is 0 Å². The van der Waals surface area contributed by atoms with Crippen LogP contribution in [-0.4, -0.2) is 9.97 Å². The molecule has 0 saturated heterocycles. The summed E-state index contributed by atoms with van der Waals surface area (Å²) in [7, 11) is 0. The van der Waals surface area contributed by atoms with Gasteiger partial charge in [0, 0.05) is 11.6 Å². The zero-order valence-electron chi connectivity index (χ0n) is 8.32. The van der Waals surface area contributed by atoms with Crippen molar-refractivity contribution in [3.05, 3.63) is 35.0 Å². The normalized spacial score (nSPS) is 10.4. The van der Waals surface area contributed by atoms with Crippen LogP contribution in [0.4, 0.5) is 0 Å². The Kier molecular flexibility index (Phi) is 2.59. The van der Waals surface area contributed by atoms with Crippen LogP contribution in [0.15, 0.2) is 23.7 Å². The van der Waals surface area contributed by atoms with E-state index in [1.54, 1.807) is 11.3 Å². The molecule has 3 heteroatoms. The van der Waals surface area contributed by atoms with Gasteiger partial charge in [-0.1, -0.05) is 13.0 Å². The molecule has 0 N–H and O–H groups in total. The van der Waals surface area contributed by atoms with Crippen LogP contribution in [0.5, 0.6) is 0 Å². The molecule has 2 rings (SSSR count).